The van der Waals surface area contributed by atoms with Crippen molar-refractivity contribution < 1.29 is 0 Å². The first-order chi connectivity index (χ1) is 9.88. The van der Waals surface area contributed by atoms with Crippen molar-refractivity contribution in [3.05, 3.63) is 40.8 Å². The highest BCUT2D eigenvalue weighted by molar-refractivity contribution is 7.17. The highest BCUT2D eigenvalue weighted by atomic mass is 32.1. The Hall–Kier alpha value is -1.12. The van der Waals surface area contributed by atoms with Crippen LogP contribution in [0.15, 0.2) is 35.2 Å². The van der Waals surface area contributed by atoms with Gasteiger partial charge in [0.15, 0.2) is 0 Å². The van der Waals surface area contributed by atoms with Gasteiger partial charge in [-0.25, -0.2) is 0 Å². The molecule has 1 fully saturated rings. The molecule has 3 rings (SSSR count). The molecular weight excluding hydrogens is 262 g/mol. The maximum atomic E-state index is 3.36. The topological polar surface area (TPSA) is 12.0 Å². The molecule has 2 heteroatoms. The Kier molecular flexibility index (Phi) is 4.54. The lowest BCUT2D eigenvalue weighted by atomic mass is 9.83. The number of hydrogen-bond acceptors (Lipinski definition) is 2. The van der Waals surface area contributed by atoms with E-state index in [-0.39, 0.29) is 0 Å². The maximum absolute atomic E-state index is 3.36. The SMILES string of the molecule is CNC/C(=C/c1csc2ccccc12)C1CCCCC1. The predicted octanol–water partition coefficient (Wildman–Crippen LogP) is 5.08. The quantitative estimate of drug-likeness (QED) is 0.825. The van der Waals surface area contributed by atoms with Gasteiger partial charge in [0.1, 0.15) is 0 Å². The van der Waals surface area contributed by atoms with Crippen LogP contribution in [0.3, 0.4) is 0 Å². The van der Waals surface area contributed by atoms with Crippen LogP contribution in [0.25, 0.3) is 16.2 Å². The summed E-state index contributed by atoms with van der Waals surface area (Å²) in [6.45, 7) is 1.02. The minimum atomic E-state index is 0.787. The standard InChI is InChI=1S/C18H23NS/c1-19-12-15(14-7-3-2-4-8-14)11-16-13-20-18-10-6-5-9-17(16)18/h5-6,9-11,13-14,19H,2-4,7-8,12H2,1H3/b15-11-. The van der Waals surface area contributed by atoms with Crippen molar-refractivity contribution >= 4 is 27.5 Å². The van der Waals surface area contributed by atoms with Crippen LogP contribution in [0.5, 0.6) is 0 Å². The Bertz CT molecular complexity index is 590. The van der Waals surface area contributed by atoms with Crippen LogP contribution in [-0.2, 0) is 0 Å². The van der Waals surface area contributed by atoms with Crippen LogP contribution in [-0.4, -0.2) is 13.6 Å². The van der Waals surface area contributed by atoms with Gasteiger partial charge in [-0.15, -0.1) is 11.3 Å². The zero-order chi connectivity index (χ0) is 13.8. The molecule has 1 nitrogen and oxygen atoms in total. The number of likely N-dealkylation sites (N-methyl/N-ethyl adjacent to an activating group) is 1. The first-order valence-corrected chi connectivity index (χ1v) is 8.58. The molecule has 0 amide bonds. The van der Waals surface area contributed by atoms with Gasteiger partial charge in [0.2, 0.25) is 0 Å². The number of benzene rings is 1. The van der Waals surface area contributed by atoms with E-state index in [1.807, 2.05) is 11.3 Å². The lowest BCUT2D eigenvalue weighted by Gasteiger charge is -2.24. The normalized spacial score (nSPS) is 17.8. The third kappa shape index (κ3) is 2.97. The molecule has 1 heterocycles. The van der Waals surface area contributed by atoms with E-state index < -0.39 is 0 Å². The molecule has 1 saturated carbocycles. The summed E-state index contributed by atoms with van der Waals surface area (Å²) in [5.74, 6) is 0.787. The van der Waals surface area contributed by atoms with Crippen molar-refractivity contribution in [2.75, 3.05) is 13.6 Å². The second kappa shape index (κ2) is 6.55. The fourth-order valence-electron chi connectivity index (χ4n) is 3.30. The molecule has 0 atom stereocenters. The minimum Gasteiger partial charge on any atom is -0.316 e. The molecule has 0 bridgehead atoms. The van der Waals surface area contributed by atoms with Gasteiger partial charge >= 0.3 is 0 Å². The van der Waals surface area contributed by atoms with Crippen molar-refractivity contribution in [3.63, 3.8) is 0 Å². The summed E-state index contributed by atoms with van der Waals surface area (Å²) < 4.78 is 1.39. The van der Waals surface area contributed by atoms with Gasteiger partial charge in [0.05, 0.1) is 0 Å². The molecule has 0 aliphatic heterocycles. The molecule has 106 valence electrons. The summed E-state index contributed by atoms with van der Waals surface area (Å²) in [4.78, 5) is 0. The number of thiophene rings is 1. The van der Waals surface area contributed by atoms with Crippen LogP contribution in [0.4, 0.5) is 0 Å². The average Bonchev–Trinajstić information content (AvgIpc) is 2.91. The first-order valence-electron chi connectivity index (χ1n) is 7.70. The Balaban J connectivity index is 1.93. The molecule has 0 spiro atoms. The Labute approximate surface area is 125 Å². The monoisotopic (exact) mass is 285 g/mol. The number of fused-ring (bicyclic) bond motifs is 1. The third-order valence-electron chi connectivity index (χ3n) is 4.36. The van der Waals surface area contributed by atoms with E-state index in [1.54, 1.807) is 5.57 Å². The van der Waals surface area contributed by atoms with Crippen LogP contribution in [0.2, 0.25) is 0 Å². The molecule has 1 aliphatic rings. The van der Waals surface area contributed by atoms with Crippen molar-refractivity contribution in [2.24, 2.45) is 5.92 Å². The summed E-state index contributed by atoms with van der Waals surface area (Å²) in [5.41, 5.74) is 3.00. The molecule has 0 saturated heterocycles. The van der Waals surface area contributed by atoms with Gasteiger partial charge in [-0.1, -0.05) is 49.1 Å². The van der Waals surface area contributed by atoms with E-state index in [1.165, 1.54) is 47.8 Å². The largest absolute Gasteiger partial charge is 0.316 e. The fourth-order valence-corrected chi connectivity index (χ4v) is 4.22. The van der Waals surface area contributed by atoms with Crippen LogP contribution >= 0.6 is 11.3 Å². The smallest absolute Gasteiger partial charge is 0.0348 e. The second-order valence-electron chi connectivity index (χ2n) is 5.77. The predicted molar refractivity (Wildman–Crippen MR) is 90.3 cm³/mol. The van der Waals surface area contributed by atoms with Crippen molar-refractivity contribution in [1.29, 1.82) is 0 Å². The minimum absolute atomic E-state index is 0.787. The van der Waals surface area contributed by atoms with Crippen molar-refractivity contribution in [1.82, 2.24) is 5.32 Å². The lowest BCUT2D eigenvalue weighted by Crippen LogP contribution is -2.19. The van der Waals surface area contributed by atoms with E-state index in [9.17, 15) is 0 Å². The molecule has 1 aromatic heterocycles. The average molecular weight is 285 g/mol. The highest BCUT2D eigenvalue weighted by Gasteiger charge is 2.17. The van der Waals surface area contributed by atoms with Crippen molar-refractivity contribution in [3.8, 4) is 0 Å². The number of hydrogen-bond donors (Lipinski definition) is 1. The van der Waals surface area contributed by atoms with Crippen LogP contribution < -0.4 is 5.32 Å². The summed E-state index contributed by atoms with van der Waals surface area (Å²) in [5, 5.41) is 7.07. The van der Waals surface area contributed by atoms with Crippen LogP contribution in [0.1, 0.15) is 37.7 Å². The third-order valence-corrected chi connectivity index (χ3v) is 5.34. The number of rotatable bonds is 4. The van der Waals surface area contributed by atoms with Gasteiger partial charge in [-0.2, -0.15) is 0 Å². The second-order valence-corrected chi connectivity index (χ2v) is 6.68. The van der Waals surface area contributed by atoms with Gasteiger partial charge in [0, 0.05) is 11.2 Å². The van der Waals surface area contributed by atoms with Gasteiger partial charge in [-0.05, 0) is 48.2 Å². The van der Waals surface area contributed by atoms with E-state index in [2.05, 4.69) is 48.1 Å². The maximum Gasteiger partial charge on any atom is 0.0348 e. The summed E-state index contributed by atoms with van der Waals surface area (Å²) in [7, 11) is 2.06. The molecular formula is C18H23NS. The van der Waals surface area contributed by atoms with E-state index in [4.69, 9.17) is 0 Å². The van der Waals surface area contributed by atoms with Gasteiger partial charge in [0.25, 0.3) is 0 Å². The van der Waals surface area contributed by atoms with Gasteiger partial charge in [-0.3, -0.25) is 0 Å². The van der Waals surface area contributed by atoms with Crippen LogP contribution in [0, 0.1) is 5.92 Å². The number of nitrogens with one attached hydrogen (secondary N) is 1. The molecule has 0 radical (unpaired) electrons. The summed E-state index contributed by atoms with van der Waals surface area (Å²) in [6.07, 6.45) is 9.41. The van der Waals surface area contributed by atoms with E-state index in [0.717, 1.165) is 12.5 Å². The highest BCUT2D eigenvalue weighted by Crippen LogP contribution is 2.33. The zero-order valence-electron chi connectivity index (χ0n) is 12.2. The van der Waals surface area contributed by atoms with E-state index in [0.29, 0.717) is 0 Å². The molecule has 1 N–H and O–H groups in total. The molecule has 1 aliphatic carbocycles. The Morgan fingerprint density at radius 1 is 1.25 bits per heavy atom. The van der Waals surface area contributed by atoms with Crippen molar-refractivity contribution in [2.45, 2.75) is 32.1 Å². The lowest BCUT2D eigenvalue weighted by molar-refractivity contribution is 0.398. The Morgan fingerprint density at radius 2 is 2.05 bits per heavy atom. The fraction of sp³-hybridized carbons (Fsp3) is 0.444. The molecule has 2 aromatic rings. The first kappa shape index (κ1) is 13.8. The van der Waals surface area contributed by atoms with E-state index >= 15 is 0 Å². The zero-order valence-corrected chi connectivity index (χ0v) is 13.0. The summed E-state index contributed by atoms with van der Waals surface area (Å²) in [6, 6.07) is 8.73. The molecule has 1 aromatic carbocycles. The summed E-state index contributed by atoms with van der Waals surface area (Å²) >= 11 is 1.86. The molecule has 0 unspecified atom stereocenters. The molecule has 20 heavy (non-hydrogen) atoms. The van der Waals surface area contributed by atoms with Gasteiger partial charge < -0.3 is 5.32 Å². The Morgan fingerprint density at radius 3 is 2.85 bits per heavy atom.